The summed E-state index contributed by atoms with van der Waals surface area (Å²) in [4.78, 5) is 12.2. The van der Waals surface area contributed by atoms with E-state index in [-0.39, 0.29) is 5.57 Å². The second-order valence-electron chi connectivity index (χ2n) is 5.55. The highest BCUT2D eigenvalue weighted by Crippen LogP contribution is 2.21. The molecule has 5 heteroatoms. The molecule has 2 N–H and O–H groups in total. The van der Waals surface area contributed by atoms with Gasteiger partial charge >= 0.3 is 0 Å². The van der Waals surface area contributed by atoms with Gasteiger partial charge in [0.15, 0.2) is 0 Å². The van der Waals surface area contributed by atoms with E-state index in [1.165, 1.54) is 11.8 Å². The van der Waals surface area contributed by atoms with Crippen LogP contribution in [0.15, 0.2) is 60.3 Å². The van der Waals surface area contributed by atoms with Gasteiger partial charge in [0.05, 0.1) is 10.7 Å². The molecule has 0 fully saturated rings. The fourth-order valence-electron chi connectivity index (χ4n) is 2.20. The van der Waals surface area contributed by atoms with Crippen LogP contribution in [0.3, 0.4) is 0 Å². The molecule has 25 heavy (non-hydrogen) atoms. The first kappa shape index (κ1) is 18.6. The summed E-state index contributed by atoms with van der Waals surface area (Å²) in [7, 11) is 0. The number of carbonyl (C=O) groups excluding carboxylic acids is 1. The van der Waals surface area contributed by atoms with E-state index in [0.717, 1.165) is 24.9 Å². The van der Waals surface area contributed by atoms with Crippen LogP contribution in [0, 0.1) is 11.3 Å². The largest absolute Gasteiger partial charge is 0.360 e. The molecule has 2 aromatic carbocycles. The second kappa shape index (κ2) is 9.51. The van der Waals surface area contributed by atoms with Gasteiger partial charge in [-0.05, 0) is 42.7 Å². The molecular formula is C20H20ClN3O. The van der Waals surface area contributed by atoms with Crippen LogP contribution >= 0.6 is 11.6 Å². The van der Waals surface area contributed by atoms with Gasteiger partial charge in [0, 0.05) is 11.9 Å². The van der Waals surface area contributed by atoms with Gasteiger partial charge in [0.1, 0.15) is 11.6 Å². The third-order valence-electron chi connectivity index (χ3n) is 3.64. The summed E-state index contributed by atoms with van der Waals surface area (Å²) in [5.41, 5.74) is 2.53. The van der Waals surface area contributed by atoms with Crippen molar-refractivity contribution in [2.24, 2.45) is 0 Å². The maximum Gasteiger partial charge on any atom is 0.267 e. The Morgan fingerprint density at radius 1 is 1.20 bits per heavy atom. The Hall–Kier alpha value is -2.77. The molecule has 0 saturated carbocycles. The molecule has 128 valence electrons. The van der Waals surface area contributed by atoms with Crippen LogP contribution in [-0.2, 0) is 11.2 Å². The van der Waals surface area contributed by atoms with Crippen molar-refractivity contribution in [3.05, 3.63) is 70.9 Å². The van der Waals surface area contributed by atoms with Crippen LogP contribution in [-0.4, -0.2) is 5.91 Å². The fourth-order valence-corrected chi connectivity index (χ4v) is 2.39. The maximum absolute atomic E-state index is 12.2. The smallest absolute Gasteiger partial charge is 0.267 e. The number of carbonyl (C=O) groups is 1. The Labute approximate surface area is 153 Å². The number of halogens is 1. The molecule has 0 heterocycles. The number of unbranched alkanes of at least 4 members (excludes halogenated alkanes) is 1. The van der Waals surface area contributed by atoms with Gasteiger partial charge in [0.25, 0.3) is 5.91 Å². The number of nitrogens with zero attached hydrogens (tertiary/aromatic N) is 1. The minimum Gasteiger partial charge on any atom is -0.360 e. The SMILES string of the molecule is CCCCc1ccc(N/C=C(/C#N)C(=O)Nc2ccccc2Cl)cc1. The fraction of sp³-hybridized carbons (Fsp3) is 0.200. The number of nitriles is 1. The molecule has 0 aromatic heterocycles. The lowest BCUT2D eigenvalue weighted by atomic mass is 10.1. The molecule has 0 unspecified atom stereocenters. The third kappa shape index (κ3) is 5.66. The monoisotopic (exact) mass is 353 g/mol. The normalized spacial score (nSPS) is 10.8. The number of hydrogen-bond acceptors (Lipinski definition) is 3. The van der Waals surface area contributed by atoms with Gasteiger partial charge in [-0.25, -0.2) is 0 Å². The topological polar surface area (TPSA) is 64.9 Å². The predicted molar refractivity (Wildman–Crippen MR) is 102 cm³/mol. The van der Waals surface area contributed by atoms with Crippen molar-refractivity contribution in [1.82, 2.24) is 0 Å². The summed E-state index contributed by atoms with van der Waals surface area (Å²) in [5.74, 6) is -0.511. The Kier molecular flexibility index (Phi) is 7.06. The van der Waals surface area contributed by atoms with E-state index in [1.807, 2.05) is 30.3 Å². The molecule has 0 aliphatic heterocycles. The van der Waals surface area contributed by atoms with Gasteiger partial charge in [-0.3, -0.25) is 4.79 Å². The van der Waals surface area contributed by atoms with E-state index in [9.17, 15) is 10.1 Å². The summed E-state index contributed by atoms with van der Waals surface area (Å²) in [5, 5.41) is 15.2. The summed E-state index contributed by atoms with van der Waals surface area (Å²) in [6, 6.07) is 16.7. The summed E-state index contributed by atoms with van der Waals surface area (Å²) in [6.45, 7) is 2.16. The number of nitrogens with one attached hydrogen (secondary N) is 2. The number of benzene rings is 2. The molecular weight excluding hydrogens is 334 g/mol. The first-order chi connectivity index (χ1) is 12.1. The van der Waals surface area contributed by atoms with Crippen LogP contribution in [0.1, 0.15) is 25.3 Å². The van der Waals surface area contributed by atoms with Crippen LogP contribution in [0.4, 0.5) is 11.4 Å². The lowest BCUT2D eigenvalue weighted by Crippen LogP contribution is -2.14. The predicted octanol–water partition coefficient (Wildman–Crippen LogP) is 5.14. The number of hydrogen-bond donors (Lipinski definition) is 2. The third-order valence-corrected chi connectivity index (χ3v) is 3.97. The first-order valence-corrected chi connectivity index (χ1v) is 8.53. The van der Waals surface area contributed by atoms with Gasteiger partial charge in [-0.2, -0.15) is 5.26 Å². The lowest BCUT2D eigenvalue weighted by Gasteiger charge is -2.07. The standard InChI is InChI=1S/C20H20ClN3O/c1-2-3-6-15-9-11-17(12-10-15)23-14-16(13-22)20(25)24-19-8-5-4-7-18(19)21/h4-5,7-12,14,23H,2-3,6H2,1H3,(H,24,25)/b16-14-. The quantitative estimate of drug-likeness (QED) is 0.535. The Morgan fingerprint density at radius 3 is 2.56 bits per heavy atom. The summed E-state index contributed by atoms with van der Waals surface area (Å²) >= 11 is 6.01. The minimum absolute atomic E-state index is 0.0324. The molecule has 2 rings (SSSR count). The number of amides is 1. The average Bonchev–Trinajstić information content (AvgIpc) is 2.63. The van der Waals surface area contributed by atoms with E-state index in [4.69, 9.17) is 11.6 Å². The Balaban J connectivity index is 2.01. The lowest BCUT2D eigenvalue weighted by molar-refractivity contribution is -0.112. The van der Waals surface area contributed by atoms with Crippen LogP contribution < -0.4 is 10.6 Å². The summed E-state index contributed by atoms with van der Waals surface area (Å²) in [6.07, 6.45) is 4.77. The molecule has 0 saturated heterocycles. The zero-order chi connectivity index (χ0) is 18.1. The van der Waals surface area contributed by atoms with E-state index in [1.54, 1.807) is 24.3 Å². The van der Waals surface area contributed by atoms with Crippen LogP contribution in [0.5, 0.6) is 0 Å². The van der Waals surface area contributed by atoms with Crippen molar-refractivity contribution >= 4 is 28.9 Å². The van der Waals surface area contributed by atoms with Crippen molar-refractivity contribution in [2.75, 3.05) is 10.6 Å². The zero-order valence-corrected chi connectivity index (χ0v) is 14.8. The highest BCUT2D eigenvalue weighted by Gasteiger charge is 2.10. The van der Waals surface area contributed by atoms with Gasteiger partial charge in [-0.1, -0.05) is 49.2 Å². The van der Waals surface area contributed by atoms with Gasteiger partial charge in [-0.15, -0.1) is 0 Å². The number of rotatable bonds is 7. The molecule has 2 aromatic rings. The maximum atomic E-state index is 12.2. The molecule has 0 bridgehead atoms. The highest BCUT2D eigenvalue weighted by atomic mass is 35.5. The van der Waals surface area contributed by atoms with Crippen LogP contribution in [0.2, 0.25) is 5.02 Å². The molecule has 0 aliphatic carbocycles. The molecule has 0 spiro atoms. The van der Waals surface area contributed by atoms with Gasteiger partial charge in [0.2, 0.25) is 0 Å². The highest BCUT2D eigenvalue weighted by molar-refractivity contribution is 6.33. The van der Waals surface area contributed by atoms with Crippen molar-refractivity contribution in [3.63, 3.8) is 0 Å². The Bertz CT molecular complexity index is 791. The zero-order valence-electron chi connectivity index (χ0n) is 14.1. The molecule has 1 amide bonds. The van der Waals surface area contributed by atoms with Gasteiger partial charge < -0.3 is 10.6 Å². The first-order valence-electron chi connectivity index (χ1n) is 8.15. The number of aryl methyl sites for hydroxylation is 1. The van der Waals surface area contributed by atoms with Crippen molar-refractivity contribution in [3.8, 4) is 6.07 Å². The van der Waals surface area contributed by atoms with E-state index in [2.05, 4.69) is 17.6 Å². The number of para-hydroxylation sites is 1. The number of anilines is 2. The van der Waals surface area contributed by atoms with Crippen molar-refractivity contribution < 1.29 is 4.79 Å². The van der Waals surface area contributed by atoms with Crippen LogP contribution in [0.25, 0.3) is 0 Å². The second-order valence-corrected chi connectivity index (χ2v) is 5.96. The minimum atomic E-state index is -0.511. The van der Waals surface area contributed by atoms with Crippen molar-refractivity contribution in [2.45, 2.75) is 26.2 Å². The Morgan fingerprint density at radius 2 is 1.92 bits per heavy atom. The molecule has 0 atom stereocenters. The molecule has 4 nitrogen and oxygen atoms in total. The van der Waals surface area contributed by atoms with E-state index < -0.39 is 5.91 Å². The van der Waals surface area contributed by atoms with E-state index >= 15 is 0 Å². The molecule has 0 radical (unpaired) electrons. The summed E-state index contributed by atoms with van der Waals surface area (Å²) < 4.78 is 0. The van der Waals surface area contributed by atoms with E-state index in [0.29, 0.717) is 10.7 Å². The average molecular weight is 354 g/mol. The molecule has 0 aliphatic rings. The van der Waals surface area contributed by atoms with Crippen molar-refractivity contribution in [1.29, 1.82) is 5.26 Å².